The zero-order valence-corrected chi connectivity index (χ0v) is 15.5. The summed E-state index contributed by atoms with van der Waals surface area (Å²) in [4.78, 5) is 12.1. The molecule has 0 radical (unpaired) electrons. The summed E-state index contributed by atoms with van der Waals surface area (Å²) in [5.74, 6) is -1.21. The number of rotatable bonds is 6. The lowest BCUT2D eigenvalue weighted by molar-refractivity contribution is -0.119. The van der Waals surface area contributed by atoms with Gasteiger partial charge in [0, 0.05) is 11.6 Å². The molecule has 0 saturated carbocycles. The molecule has 0 aromatic heterocycles. The van der Waals surface area contributed by atoms with Crippen LogP contribution < -0.4 is 9.62 Å². The molecule has 0 saturated heterocycles. The van der Waals surface area contributed by atoms with Crippen LogP contribution in [0.4, 0.5) is 10.1 Å². The predicted octanol–water partition coefficient (Wildman–Crippen LogP) is 3.21. The molecule has 0 atom stereocenters. The highest BCUT2D eigenvalue weighted by molar-refractivity contribution is 7.92. The van der Waals surface area contributed by atoms with E-state index in [2.05, 4.69) is 5.32 Å². The second kappa shape index (κ2) is 8.03. The van der Waals surface area contributed by atoms with Gasteiger partial charge >= 0.3 is 0 Å². The first-order valence-corrected chi connectivity index (χ1v) is 9.72. The normalized spacial score (nSPS) is 11.2. The van der Waals surface area contributed by atoms with Gasteiger partial charge in [-0.25, -0.2) is 12.8 Å². The Morgan fingerprint density at radius 2 is 1.84 bits per heavy atom. The van der Waals surface area contributed by atoms with Crippen molar-refractivity contribution < 1.29 is 17.6 Å². The Morgan fingerprint density at radius 1 is 1.16 bits per heavy atom. The smallest absolute Gasteiger partial charge is 0.241 e. The van der Waals surface area contributed by atoms with Gasteiger partial charge in [0.1, 0.15) is 12.4 Å². The lowest BCUT2D eigenvalue weighted by Gasteiger charge is -2.22. The Labute approximate surface area is 155 Å². The summed E-state index contributed by atoms with van der Waals surface area (Å²) in [7, 11) is -3.77. The average molecular weight is 405 g/mol. The van der Waals surface area contributed by atoms with Gasteiger partial charge in [0.15, 0.2) is 0 Å². The molecule has 0 spiro atoms. The van der Waals surface area contributed by atoms with E-state index < -0.39 is 28.3 Å². The predicted molar refractivity (Wildman–Crippen MR) is 96.9 cm³/mol. The highest BCUT2D eigenvalue weighted by atomic mass is 35.5. The van der Waals surface area contributed by atoms with Gasteiger partial charge in [-0.05, 0) is 29.8 Å². The number of hydrogen-bond donors (Lipinski definition) is 1. The monoisotopic (exact) mass is 404 g/mol. The number of carbonyl (C=O) groups is 1. The highest BCUT2D eigenvalue weighted by Crippen LogP contribution is 2.24. The van der Waals surface area contributed by atoms with Gasteiger partial charge in [-0.2, -0.15) is 0 Å². The third kappa shape index (κ3) is 5.32. The maximum absolute atomic E-state index is 13.3. The molecule has 2 rings (SSSR count). The zero-order valence-electron chi connectivity index (χ0n) is 13.2. The van der Waals surface area contributed by atoms with Crippen LogP contribution in [0.5, 0.6) is 0 Å². The minimum atomic E-state index is -3.77. The van der Waals surface area contributed by atoms with Crippen LogP contribution in [-0.2, 0) is 21.4 Å². The summed E-state index contributed by atoms with van der Waals surface area (Å²) < 4.78 is 38.1. The Bertz CT molecular complexity index is 891. The molecule has 1 N–H and O–H groups in total. The fourth-order valence-electron chi connectivity index (χ4n) is 2.06. The van der Waals surface area contributed by atoms with E-state index in [4.69, 9.17) is 23.2 Å². The molecule has 0 fully saturated rings. The topological polar surface area (TPSA) is 66.5 Å². The molecule has 2 aromatic carbocycles. The van der Waals surface area contributed by atoms with Crippen molar-refractivity contribution in [2.24, 2.45) is 0 Å². The number of hydrogen-bond acceptors (Lipinski definition) is 3. The van der Waals surface area contributed by atoms with Crippen LogP contribution in [0.25, 0.3) is 0 Å². The minimum absolute atomic E-state index is 0.0989. The van der Waals surface area contributed by atoms with Crippen molar-refractivity contribution in [1.29, 1.82) is 0 Å². The van der Waals surface area contributed by atoms with E-state index in [1.54, 1.807) is 24.3 Å². The Hall–Kier alpha value is -1.83. The molecule has 0 bridgehead atoms. The molecule has 0 aliphatic carbocycles. The van der Waals surface area contributed by atoms with E-state index >= 15 is 0 Å². The number of nitrogens with one attached hydrogen (secondary N) is 1. The van der Waals surface area contributed by atoms with Crippen LogP contribution in [0.1, 0.15) is 5.56 Å². The lowest BCUT2D eigenvalue weighted by atomic mass is 10.2. The first-order chi connectivity index (χ1) is 11.7. The maximum atomic E-state index is 13.3. The van der Waals surface area contributed by atoms with Gasteiger partial charge in [0.2, 0.25) is 15.9 Å². The van der Waals surface area contributed by atoms with Gasteiger partial charge in [-0.1, -0.05) is 41.4 Å². The lowest BCUT2D eigenvalue weighted by Crippen LogP contribution is -2.40. The SMILES string of the molecule is CS(=O)(=O)N(CC(=O)NCc1ccccc1Cl)c1ccc(F)c(Cl)c1. The first kappa shape index (κ1) is 19.5. The zero-order chi connectivity index (χ0) is 18.6. The number of nitrogens with zero attached hydrogens (tertiary/aromatic N) is 1. The first-order valence-electron chi connectivity index (χ1n) is 7.11. The number of amides is 1. The third-order valence-corrected chi connectivity index (χ3v) is 5.11. The number of anilines is 1. The van der Waals surface area contributed by atoms with Gasteiger partial charge in [0.05, 0.1) is 17.0 Å². The molecule has 0 aliphatic heterocycles. The fraction of sp³-hybridized carbons (Fsp3) is 0.188. The Kier molecular flexibility index (Phi) is 6.26. The molecular formula is C16H15Cl2FN2O3S. The van der Waals surface area contributed by atoms with Crippen LogP contribution in [0.15, 0.2) is 42.5 Å². The third-order valence-electron chi connectivity index (χ3n) is 3.31. The van der Waals surface area contributed by atoms with Crippen molar-refractivity contribution in [3.63, 3.8) is 0 Å². The molecule has 9 heteroatoms. The fourth-order valence-corrected chi connectivity index (χ4v) is 3.29. The molecule has 0 unspecified atom stereocenters. The molecule has 0 aliphatic rings. The molecule has 134 valence electrons. The van der Waals surface area contributed by atoms with Crippen molar-refractivity contribution in [2.75, 3.05) is 17.1 Å². The molecule has 5 nitrogen and oxygen atoms in total. The number of carbonyl (C=O) groups excluding carboxylic acids is 1. The molecule has 1 amide bonds. The Balaban J connectivity index is 2.13. The summed E-state index contributed by atoms with van der Waals surface area (Å²) in [5.41, 5.74) is 0.801. The Morgan fingerprint density at radius 3 is 2.44 bits per heavy atom. The van der Waals surface area contributed by atoms with E-state index in [9.17, 15) is 17.6 Å². The second-order valence-electron chi connectivity index (χ2n) is 5.24. The quantitative estimate of drug-likeness (QED) is 0.803. The van der Waals surface area contributed by atoms with E-state index in [1.807, 2.05) is 0 Å². The van der Waals surface area contributed by atoms with Gasteiger partial charge in [-0.15, -0.1) is 0 Å². The minimum Gasteiger partial charge on any atom is -0.350 e. The van der Waals surface area contributed by atoms with Crippen molar-refractivity contribution in [1.82, 2.24) is 5.32 Å². The average Bonchev–Trinajstić information content (AvgIpc) is 2.53. The number of halogens is 3. The van der Waals surface area contributed by atoms with Crippen molar-refractivity contribution in [3.8, 4) is 0 Å². The molecule has 0 heterocycles. The van der Waals surface area contributed by atoms with E-state index in [0.717, 1.165) is 22.7 Å². The van der Waals surface area contributed by atoms with Crippen LogP contribution in [0, 0.1) is 5.82 Å². The summed E-state index contributed by atoms with van der Waals surface area (Å²) >= 11 is 11.7. The van der Waals surface area contributed by atoms with Crippen LogP contribution in [-0.4, -0.2) is 27.1 Å². The summed E-state index contributed by atoms with van der Waals surface area (Å²) in [6.07, 6.45) is 0.950. The summed E-state index contributed by atoms with van der Waals surface area (Å²) in [5, 5.41) is 2.86. The van der Waals surface area contributed by atoms with Crippen LogP contribution in [0.3, 0.4) is 0 Å². The summed E-state index contributed by atoms with van der Waals surface area (Å²) in [6, 6.07) is 10.4. The molecule has 2 aromatic rings. The molecular weight excluding hydrogens is 390 g/mol. The van der Waals surface area contributed by atoms with Crippen LogP contribution in [0.2, 0.25) is 10.0 Å². The van der Waals surface area contributed by atoms with Crippen molar-refractivity contribution >= 4 is 44.8 Å². The number of benzene rings is 2. The second-order valence-corrected chi connectivity index (χ2v) is 7.96. The van der Waals surface area contributed by atoms with Gasteiger partial charge < -0.3 is 5.32 Å². The van der Waals surface area contributed by atoms with Crippen molar-refractivity contribution in [2.45, 2.75) is 6.54 Å². The maximum Gasteiger partial charge on any atom is 0.241 e. The molecule has 25 heavy (non-hydrogen) atoms. The van der Waals surface area contributed by atoms with E-state index in [1.165, 1.54) is 6.07 Å². The standard InChI is InChI=1S/C16H15Cl2FN2O3S/c1-25(23,24)21(12-6-7-15(19)14(18)8-12)10-16(22)20-9-11-4-2-3-5-13(11)17/h2-8H,9-10H2,1H3,(H,20,22). The van der Waals surface area contributed by atoms with E-state index in [-0.39, 0.29) is 17.3 Å². The van der Waals surface area contributed by atoms with Crippen molar-refractivity contribution in [3.05, 3.63) is 63.9 Å². The van der Waals surface area contributed by atoms with Crippen LogP contribution >= 0.6 is 23.2 Å². The van der Waals surface area contributed by atoms with E-state index in [0.29, 0.717) is 10.6 Å². The van der Waals surface area contributed by atoms with Gasteiger partial charge in [-0.3, -0.25) is 9.10 Å². The largest absolute Gasteiger partial charge is 0.350 e. The highest BCUT2D eigenvalue weighted by Gasteiger charge is 2.21. The number of sulfonamides is 1. The van der Waals surface area contributed by atoms with Gasteiger partial charge in [0.25, 0.3) is 0 Å². The summed E-state index contributed by atoms with van der Waals surface area (Å²) in [6.45, 7) is -0.314.